The summed E-state index contributed by atoms with van der Waals surface area (Å²) in [5.74, 6) is -12.1. The van der Waals surface area contributed by atoms with Gasteiger partial charge in [0.2, 0.25) is 5.82 Å². The number of halogens is 5. The molecular formula is C13H12F5NO2. The van der Waals surface area contributed by atoms with Crippen LogP contribution < -0.4 is 0 Å². The van der Waals surface area contributed by atoms with Gasteiger partial charge in [0.1, 0.15) is 5.56 Å². The maximum atomic E-state index is 13.5. The van der Waals surface area contributed by atoms with Gasteiger partial charge < -0.3 is 10.0 Å². The molecule has 1 atom stereocenters. The molecule has 116 valence electrons. The van der Waals surface area contributed by atoms with Gasteiger partial charge in [-0.1, -0.05) is 0 Å². The quantitative estimate of drug-likeness (QED) is 0.528. The molecule has 1 heterocycles. The second kappa shape index (κ2) is 5.97. The van der Waals surface area contributed by atoms with E-state index in [0.29, 0.717) is 12.8 Å². The Morgan fingerprint density at radius 2 is 1.57 bits per heavy atom. The van der Waals surface area contributed by atoms with E-state index in [4.69, 9.17) is 5.11 Å². The van der Waals surface area contributed by atoms with Crippen LogP contribution in [0, 0.1) is 35.0 Å². The van der Waals surface area contributed by atoms with Crippen LogP contribution in [0.15, 0.2) is 0 Å². The highest BCUT2D eigenvalue weighted by Crippen LogP contribution is 2.27. The van der Waals surface area contributed by atoms with E-state index in [1.807, 2.05) is 0 Å². The summed E-state index contributed by atoms with van der Waals surface area (Å²) in [5, 5.41) is 8.80. The monoisotopic (exact) mass is 309 g/mol. The zero-order valence-corrected chi connectivity index (χ0v) is 10.8. The Bertz CT molecular complexity index is 549. The number of rotatable bonds is 3. The van der Waals surface area contributed by atoms with Crippen LogP contribution >= 0.6 is 0 Å². The summed E-state index contributed by atoms with van der Waals surface area (Å²) in [6, 6.07) is 0. The molecule has 0 radical (unpaired) electrons. The molecular weight excluding hydrogens is 297 g/mol. The van der Waals surface area contributed by atoms with Gasteiger partial charge in [-0.05, 0) is 18.8 Å². The Morgan fingerprint density at radius 1 is 1.05 bits per heavy atom. The summed E-state index contributed by atoms with van der Waals surface area (Å²) in [5.41, 5.74) is -1.43. The number of hydrogen-bond acceptors (Lipinski definition) is 2. The third-order valence-corrected chi connectivity index (χ3v) is 3.53. The summed E-state index contributed by atoms with van der Waals surface area (Å²) in [6.45, 7) is 0.150. The van der Waals surface area contributed by atoms with Crippen molar-refractivity contribution in [1.29, 1.82) is 0 Å². The molecule has 0 aromatic heterocycles. The van der Waals surface area contributed by atoms with Gasteiger partial charge in [-0.15, -0.1) is 0 Å². The Labute approximate surface area is 117 Å². The topological polar surface area (TPSA) is 40.5 Å². The second-order valence-corrected chi connectivity index (χ2v) is 4.86. The SMILES string of the molecule is O=C(c1c(F)c(F)c(F)c(F)c1F)N1CCC(CCO)C1. The van der Waals surface area contributed by atoms with Gasteiger partial charge in [-0.3, -0.25) is 4.79 Å². The average molecular weight is 309 g/mol. The van der Waals surface area contributed by atoms with Crippen LogP contribution in [-0.4, -0.2) is 35.6 Å². The summed E-state index contributed by atoms with van der Waals surface area (Å²) in [7, 11) is 0. The third-order valence-electron chi connectivity index (χ3n) is 3.53. The van der Waals surface area contributed by atoms with Crippen LogP contribution in [-0.2, 0) is 0 Å². The molecule has 1 N–H and O–H groups in total. The van der Waals surface area contributed by atoms with Gasteiger partial charge in [-0.25, -0.2) is 22.0 Å². The Hall–Kier alpha value is -1.70. The normalized spacial score (nSPS) is 18.4. The predicted molar refractivity (Wildman–Crippen MR) is 61.9 cm³/mol. The highest BCUT2D eigenvalue weighted by atomic mass is 19.2. The van der Waals surface area contributed by atoms with Crippen molar-refractivity contribution < 1.29 is 31.9 Å². The summed E-state index contributed by atoms with van der Waals surface area (Å²) < 4.78 is 66.2. The van der Waals surface area contributed by atoms with Gasteiger partial charge in [0.15, 0.2) is 23.3 Å². The summed E-state index contributed by atoms with van der Waals surface area (Å²) in [4.78, 5) is 13.0. The van der Waals surface area contributed by atoms with Gasteiger partial charge in [-0.2, -0.15) is 0 Å². The number of aliphatic hydroxyl groups excluding tert-OH is 1. The number of hydrogen-bond donors (Lipinski definition) is 1. The van der Waals surface area contributed by atoms with E-state index in [1.165, 1.54) is 0 Å². The van der Waals surface area contributed by atoms with Crippen LogP contribution in [0.1, 0.15) is 23.2 Å². The molecule has 8 heteroatoms. The molecule has 2 rings (SSSR count). The summed E-state index contributed by atoms with van der Waals surface area (Å²) in [6.07, 6.45) is 0.905. The molecule has 1 aliphatic heterocycles. The first kappa shape index (κ1) is 15.7. The van der Waals surface area contributed by atoms with E-state index in [9.17, 15) is 26.7 Å². The maximum absolute atomic E-state index is 13.5. The molecule has 0 spiro atoms. The van der Waals surface area contributed by atoms with Crippen molar-refractivity contribution in [1.82, 2.24) is 4.90 Å². The van der Waals surface area contributed by atoms with Crippen LogP contribution in [0.4, 0.5) is 22.0 Å². The number of amides is 1. The molecule has 1 aromatic carbocycles. The Morgan fingerprint density at radius 3 is 2.10 bits per heavy atom. The van der Waals surface area contributed by atoms with Gasteiger partial charge in [0.25, 0.3) is 5.91 Å². The smallest absolute Gasteiger partial charge is 0.260 e. The maximum Gasteiger partial charge on any atom is 0.260 e. The van der Waals surface area contributed by atoms with E-state index in [0.717, 1.165) is 4.90 Å². The highest BCUT2D eigenvalue weighted by Gasteiger charge is 2.34. The number of benzene rings is 1. The van der Waals surface area contributed by atoms with Crippen LogP contribution in [0.5, 0.6) is 0 Å². The molecule has 1 fully saturated rings. The highest BCUT2D eigenvalue weighted by molar-refractivity contribution is 5.95. The summed E-state index contributed by atoms with van der Waals surface area (Å²) >= 11 is 0. The molecule has 1 aliphatic rings. The van der Waals surface area contributed by atoms with Crippen molar-refractivity contribution in [2.24, 2.45) is 5.92 Å². The van der Waals surface area contributed by atoms with Crippen molar-refractivity contribution in [2.45, 2.75) is 12.8 Å². The van der Waals surface area contributed by atoms with Crippen molar-refractivity contribution in [3.8, 4) is 0 Å². The molecule has 0 saturated carbocycles. The molecule has 1 saturated heterocycles. The Balaban J connectivity index is 2.33. The predicted octanol–water partition coefficient (Wildman–Crippen LogP) is 2.23. The van der Waals surface area contributed by atoms with Crippen molar-refractivity contribution in [3.63, 3.8) is 0 Å². The van der Waals surface area contributed by atoms with Crippen LogP contribution in [0.2, 0.25) is 0 Å². The lowest BCUT2D eigenvalue weighted by atomic mass is 10.1. The molecule has 0 aliphatic carbocycles. The number of nitrogens with zero attached hydrogens (tertiary/aromatic N) is 1. The number of aliphatic hydroxyl groups is 1. The van der Waals surface area contributed by atoms with E-state index >= 15 is 0 Å². The zero-order chi connectivity index (χ0) is 15.7. The second-order valence-electron chi connectivity index (χ2n) is 4.86. The molecule has 1 unspecified atom stereocenters. The lowest BCUT2D eigenvalue weighted by Crippen LogP contribution is -2.31. The van der Waals surface area contributed by atoms with Crippen molar-refractivity contribution in [2.75, 3.05) is 19.7 Å². The van der Waals surface area contributed by atoms with E-state index in [1.54, 1.807) is 0 Å². The van der Waals surface area contributed by atoms with E-state index < -0.39 is 40.6 Å². The molecule has 1 aromatic rings. The number of likely N-dealkylation sites (tertiary alicyclic amines) is 1. The third kappa shape index (κ3) is 2.72. The first-order chi connectivity index (χ1) is 9.88. The van der Waals surface area contributed by atoms with Crippen LogP contribution in [0.25, 0.3) is 0 Å². The lowest BCUT2D eigenvalue weighted by molar-refractivity contribution is 0.0771. The molecule has 3 nitrogen and oxygen atoms in total. The minimum atomic E-state index is -2.29. The fourth-order valence-corrected chi connectivity index (χ4v) is 2.39. The van der Waals surface area contributed by atoms with Crippen molar-refractivity contribution >= 4 is 5.91 Å². The Kier molecular flexibility index (Phi) is 4.46. The fourth-order valence-electron chi connectivity index (χ4n) is 2.39. The van der Waals surface area contributed by atoms with Gasteiger partial charge >= 0.3 is 0 Å². The lowest BCUT2D eigenvalue weighted by Gasteiger charge is -2.17. The molecule has 0 bridgehead atoms. The largest absolute Gasteiger partial charge is 0.396 e. The minimum absolute atomic E-state index is 0.0554. The van der Waals surface area contributed by atoms with Crippen LogP contribution in [0.3, 0.4) is 0 Å². The first-order valence-corrected chi connectivity index (χ1v) is 6.30. The molecule has 21 heavy (non-hydrogen) atoms. The van der Waals surface area contributed by atoms with E-state index in [-0.39, 0.29) is 25.6 Å². The average Bonchev–Trinajstić information content (AvgIpc) is 2.92. The minimum Gasteiger partial charge on any atom is -0.396 e. The zero-order valence-electron chi connectivity index (χ0n) is 10.8. The first-order valence-electron chi connectivity index (χ1n) is 6.30. The fraction of sp³-hybridized carbons (Fsp3) is 0.462. The van der Waals surface area contributed by atoms with Crippen molar-refractivity contribution in [3.05, 3.63) is 34.6 Å². The number of carbonyl (C=O) groups excluding carboxylic acids is 1. The van der Waals surface area contributed by atoms with E-state index in [2.05, 4.69) is 0 Å². The van der Waals surface area contributed by atoms with Gasteiger partial charge in [0.05, 0.1) is 0 Å². The van der Waals surface area contributed by atoms with Gasteiger partial charge in [0, 0.05) is 19.7 Å². The standard InChI is InChI=1S/C13H12F5NO2/c14-8-7(9(15)11(17)12(18)10(8)16)13(21)19-3-1-6(5-19)2-4-20/h6,20H,1-5H2. The number of carbonyl (C=O) groups is 1. The molecule has 1 amide bonds.